The van der Waals surface area contributed by atoms with Gasteiger partial charge >= 0.3 is 0 Å². The third kappa shape index (κ3) is 3.00. The van der Waals surface area contributed by atoms with Gasteiger partial charge in [-0.15, -0.1) is 0 Å². The molecule has 2 heterocycles. The fourth-order valence-electron chi connectivity index (χ4n) is 2.70. The van der Waals surface area contributed by atoms with Crippen molar-refractivity contribution in [1.29, 1.82) is 0 Å². The monoisotopic (exact) mass is 344 g/mol. The number of rotatable bonds is 4. The number of nitrogens with one attached hydrogen (secondary N) is 1. The third-order valence-electron chi connectivity index (χ3n) is 4.01. The number of carbonyl (C=O) groups is 1. The molecule has 6 heteroatoms. The van der Waals surface area contributed by atoms with E-state index in [0.29, 0.717) is 17.0 Å². The van der Waals surface area contributed by atoms with Gasteiger partial charge in [0, 0.05) is 23.5 Å². The van der Waals surface area contributed by atoms with Gasteiger partial charge in [-0.25, -0.2) is 9.50 Å². The van der Waals surface area contributed by atoms with Crippen molar-refractivity contribution in [1.82, 2.24) is 14.6 Å². The summed E-state index contributed by atoms with van der Waals surface area (Å²) in [5, 5.41) is 7.27. The van der Waals surface area contributed by atoms with E-state index in [1.54, 1.807) is 48.2 Å². The molecule has 4 rings (SSSR count). The number of hydrogen-bond donors (Lipinski definition) is 1. The minimum absolute atomic E-state index is 0.292. The van der Waals surface area contributed by atoms with Crippen LogP contribution in [0.5, 0.6) is 5.75 Å². The number of aromatic nitrogens is 3. The summed E-state index contributed by atoms with van der Waals surface area (Å²) in [5.74, 6) is 0.437. The van der Waals surface area contributed by atoms with Crippen molar-refractivity contribution in [2.75, 3.05) is 12.4 Å². The second-order valence-electron chi connectivity index (χ2n) is 5.68. The van der Waals surface area contributed by atoms with Gasteiger partial charge in [-0.05, 0) is 30.3 Å². The fraction of sp³-hybridized carbons (Fsp3) is 0.0500. The van der Waals surface area contributed by atoms with Crippen LogP contribution in [0.15, 0.2) is 72.9 Å². The summed E-state index contributed by atoms with van der Waals surface area (Å²) in [7, 11) is 1.60. The minimum atomic E-state index is -0.292. The molecule has 0 bridgehead atoms. The summed E-state index contributed by atoms with van der Waals surface area (Å²) in [5.41, 5.74) is 3.47. The number of anilines is 1. The molecule has 0 saturated heterocycles. The van der Waals surface area contributed by atoms with Crippen molar-refractivity contribution in [3.05, 3.63) is 78.6 Å². The first-order chi connectivity index (χ1) is 12.7. The van der Waals surface area contributed by atoms with Crippen molar-refractivity contribution in [2.24, 2.45) is 0 Å². The van der Waals surface area contributed by atoms with Crippen molar-refractivity contribution < 1.29 is 9.53 Å². The van der Waals surface area contributed by atoms with Crippen molar-refractivity contribution in [3.8, 4) is 17.0 Å². The van der Waals surface area contributed by atoms with Crippen LogP contribution in [-0.4, -0.2) is 27.6 Å². The quantitative estimate of drug-likeness (QED) is 0.613. The van der Waals surface area contributed by atoms with E-state index >= 15 is 0 Å². The first-order valence-electron chi connectivity index (χ1n) is 8.10. The fourth-order valence-corrected chi connectivity index (χ4v) is 2.70. The van der Waals surface area contributed by atoms with Crippen LogP contribution in [0.25, 0.3) is 16.9 Å². The molecule has 0 aliphatic heterocycles. The van der Waals surface area contributed by atoms with Gasteiger partial charge < -0.3 is 10.1 Å². The van der Waals surface area contributed by atoms with Gasteiger partial charge in [0.2, 0.25) is 0 Å². The van der Waals surface area contributed by atoms with Crippen LogP contribution >= 0.6 is 0 Å². The highest BCUT2D eigenvalue weighted by Crippen LogP contribution is 2.20. The Morgan fingerprint density at radius 2 is 1.81 bits per heavy atom. The Morgan fingerprint density at radius 3 is 2.54 bits per heavy atom. The molecule has 0 aliphatic rings. The lowest BCUT2D eigenvalue weighted by Crippen LogP contribution is -2.12. The standard InChI is InChI=1S/C20H16N4O2/c1-26-16-9-7-15(8-10-16)22-20(25)17-13-19-21-12-11-18(24(19)23-17)14-5-3-2-4-6-14/h2-13H,1H3,(H,22,25). The molecule has 0 spiro atoms. The van der Waals surface area contributed by atoms with Gasteiger partial charge in [-0.2, -0.15) is 5.10 Å². The van der Waals surface area contributed by atoms with Crippen LogP contribution in [0.2, 0.25) is 0 Å². The first-order valence-corrected chi connectivity index (χ1v) is 8.10. The zero-order valence-corrected chi connectivity index (χ0v) is 14.1. The van der Waals surface area contributed by atoms with Crippen LogP contribution in [0.4, 0.5) is 5.69 Å². The number of ether oxygens (including phenoxy) is 1. The first kappa shape index (κ1) is 15.8. The number of hydrogen-bond acceptors (Lipinski definition) is 4. The second-order valence-corrected chi connectivity index (χ2v) is 5.68. The molecule has 128 valence electrons. The van der Waals surface area contributed by atoms with E-state index in [0.717, 1.165) is 17.0 Å². The maximum absolute atomic E-state index is 12.5. The summed E-state index contributed by atoms with van der Waals surface area (Å²) in [6.45, 7) is 0. The third-order valence-corrected chi connectivity index (χ3v) is 4.01. The molecule has 0 radical (unpaired) electrons. The number of nitrogens with zero attached hydrogens (tertiary/aromatic N) is 3. The Hall–Kier alpha value is -3.67. The molecular weight excluding hydrogens is 328 g/mol. The number of benzene rings is 2. The SMILES string of the molecule is COc1ccc(NC(=O)c2cc3nccc(-c4ccccc4)n3n2)cc1. The molecule has 0 fully saturated rings. The predicted molar refractivity (Wildman–Crippen MR) is 99.4 cm³/mol. The summed E-state index contributed by atoms with van der Waals surface area (Å²) in [6, 6.07) is 20.5. The van der Waals surface area contributed by atoms with E-state index in [2.05, 4.69) is 15.4 Å². The molecule has 0 atom stereocenters. The molecule has 2 aromatic carbocycles. The number of carbonyl (C=O) groups excluding carboxylic acids is 1. The van der Waals surface area contributed by atoms with Crippen LogP contribution in [-0.2, 0) is 0 Å². The van der Waals surface area contributed by atoms with Gasteiger partial charge in [0.15, 0.2) is 11.3 Å². The maximum atomic E-state index is 12.5. The number of fused-ring (bicyclic) bond motifs is 1. The molecule has 1 amide bonds. The average Bonchev–Trinajstić information content (AvgIpc) is 3.14. The Labute approximate surface area is 150 Å². The van der Waals surface area contributed by atoms with E-state index in [1.807, 2.05) is 36.4 Å². The van der Waals surface area contributed by atoms with E-state index in [4.69, 9.17) is 4.74 Å². The van der Waals surface area contributed by atoms with Crippen molar-refractivity contribution >= 4 is 17.2 Å². The molecule has 6 nitrogen and oxygen atoms in total. The Morgan fingerprint density at radius 1 is 1.04 bits per heavy atom. The summed E-state index contributed by atoms with van der Waals surface area (Å²) in [4.78, 5) is 16.8. The van der Waals surface area contributed by atoms with E-state index in [-0.39, 0.29) is 5.91 Å². The van der Waals surface area contributed by atoms with Gasteiger partial charge in [0.05, 0.1) is 12.8 Å². The lowest BCUT2D eigenvalue weighted by atomic mass is 10.1. The zero-order valence-electron chi connectivity index (χ0n) is 14.1. The number of amides is 1. The Balaban J connectivity index is 1.65. The topological polar surface area (TPSA) is 68.5 Å². The highest BCUT2D eigenvalue weighted by molar-refractivity contribution is 6.03. The van der Waals surface area contributed by atoms with Crippen LogP contribution in [0.3, 0.4) is 0 Å². The molecule has 2 aromatic heterocycles. The summed E-state index contributed by atoms with van der Waals surface area (Å²) >= 11 is 0. The largest absolute Gasteiger partial charge is 0.497 e. The van der Waals surface area contributed by atoms with Gasteiger partial charge in [0.1, 0.15) is 5.75 Å². The van der Waals surface area contributed by atoms with E-state index in [9.17, 15) is 4.79 Å². The molecule has 1 N–H and O–H groups in total. The maximum Gasteiger partial charge on any atom is 0.276 e. The van der Waals surface area contributed by atoms with Crippen molar-refractivity contribution in [3.63, 3.8) is 0 Å². The second kappa shape index (κ2) is 6.68. The number of methoxy groups -OCH3 is 1. The van der Waals surface area contributed by atoms with Gasteiger partial charge in [-0.1, -0.05) is 30.3 Å². The normalized spacial score (nSPS) is 10.7. The highest BCUT2D eigenvalue weighted by Gasteiger charge is 2.14. The smallest absolute Gasteiger partial charge is 0.276 e. The van der Waals surface area contributed by atoms with Crippen LogP contribution in [0, 0.1) is 0 Å². The lowest BCUT2D eigenvalue weighted by Gasteiger charge is -2.05. The van der Waals surface area contributed by atoms with E-state index < -0.39 is 0 Å². The van der Waals surface area contributed by atoms with E-state index in [1.165, 1.54) is 0 Å². The Kier molecular flexibility index (Phi) is 4.07. The van der Waals surface area contributed by atoms with Crippen LogP contribution in [0.1, 0.15) is 10.5 Å². The summed E-state index contributed by atoms with van der Waals surface area (Å²) in [6.07, 6.45) is 1.71. The highest BCUT2D eigenvalue weighted by atomic mass is 16.5. The molecule has 0 saturated carbocycles. The van der Waals surface area contributed by atoms with Gasteiger partial charge in [-0.3, -0.25) is 4.79 Å². The Bertz CT molecular complexity index is 1060. The molecule has 0 unspecified atom stereocenters. The molecule has 26 heavy (non-hydrogen) atoms. The summed E-state index contributed by atoms with van der Waals surface area (Å²) < 4.78 is 6.80. The molecular formula is C20H16N4O2. The molecule has 4 aromatic rings. The van der Waals surface area contributed by atoms with Crippen LogP contribution < -0.4 is 10.1 Å². The minimum Gasteiger partial charge on any atom is -0.497 e. The van der Waals surface area contributed by atoms with Crippen molar-refractivity contribution in [2.45, 2.75) is 0 Å². The molecule has 0 aliphatic carbocycles. The predicted octanol–water partition coefficient (Wildman–Crippen LogP) is 3.66. The average molecular weight is 344 g/mol. The lowest BCUT2D eigenvalue weighted by molar-refractivity contribution is 0.102. The zero-order chi connectivity index (χ0) is 17.9. The van der Waals surface area contributed by atoms with Gasteiger partial charge in [0.25, 0.3) is 5.91 Å².